The summed E-state index contributed by atoms with van der Waals surface area (Å²) in [4.78, 5) is 2.50. The molecule has 2 nitrogen and oxygen atoms in total. The van der Waals surface area contributed by atoms with Crippen molar-refractivity contribution in [3.63, 3.8) is 0 Å². The third-order valence-electron chi connectivity index (χ3n) is 3.84. The first-order chi connectivity index (χ1) is 8.20. The van der Waals surface area contributed by atoms with Gasteiger partial charge in [-0.05, 0) is 50.3 Å². The van der Waals surface area contributed by atoms with Crippen LogP contribution in [-0.2, 0) is 6.42 Å². The van der Waals surface area contributed by atoms with Gasteiger partial charge in [-0.3, -0.25) is 0 Å². The van der Waals surface area contributed by atoms with Gasteiger partial charge in [0.05, 0.1) is 0 Å². The van der Waals surface area contributed by atoms with Gasteiger partial charge in [-0.25, -0.2) is 0 Å². The van der Waals surface area contributed by atoms with Crippen molar-refractivity contribution < 1.29 is 0 Å². The summed E-state index contributed by atoms with van der Waals surface area (Å²) in [6.07, 6.45) is 4.68. The van der Waals surface area contributed by atoms with Gasteiger partial charge in [0.15, 0.2) is 0 Å². The molecule has 2 rings (SSSR count). The summed E-state index contributed by atoms with van der Waals surface area (Å²) in [6.45, 7) is 5.66. The fraction of sp³-hybridized carbons (Fsp3) is 0.600. The Morgan fingerprint density at radius 2 is 2.06 bits per heavy atom. The summed E-state index contributed by atoms with van der Waals surface area (Å²) in [7, 11) is 0. The van der Waals surface area contributed by atoms with Crippen LogP contribution in [0, 0.1) is 0 Å². The normalized spacial score (nSPS) is 21.8. The number of nitrogens with two attached hydrogens (primary N) is 1. The maximum absolute atomic E-state index is 5.98. The average molecular weight is 232 g/mol. The minimum Gasteiger partial charge on any atom is -0.369 e. The highest BCUT2D eigenvalue weighted by Crippen LogP contribution is 2.25. The van der Waals surface area contributed by atoms with Crippen molar-refractivity contribution in [1.29, 1.82) is 0 Å². The Morgan fingerprint density at radius 3 is 2.59 bits per heavy atom. The number of hydrogen-bond donors (Lipinski definition) is 1. The van der Waals surface area contributed by atoms with Gasteiger partial charge in [0.25, 0.3) is 0 Å². The third-order valence-corrected chi connectivity index (χ3v) is 3.84. The van der Waals surface area contributed by atoms with E-state index in [9.17, 15) is 0 Å². The van der Waals surface area contributed by atoms with Crippen LogP contribution in [0.1, 0.15) is 38.7 Å². The zero-order valence-corrected chi connectivity index (χ0v) is 11.0. The molecule has 1 saturated heterocycles. The molecule has 1 aromatic rings. The molecule has 0 saturated carbocycles. The van der Waals surface area contributed by atoms with Crippen LogP contribution >= 0.6 is 0 Å². The number of nitrogens with zero attached hydrogens (tertiary/aromatic N) is 1. The minimum absolute atomic E-state index is 0.298. The lowest BCUT2D eigenvalue weighted by molar-refractivity contribution is 0.646. The second-order valence-corrected chi connectivity index (χ2v) is 5.22. The molecule has 1 aromatic carbocycles. The molecule has 1 fully saturated rings. The lowest BCUT2D eigenvalue weighted by Gasteiger charge is -2.24. The van der Waals surface area contributed by atoms with Crippen molar-refractivity contribution in [1.82, 2.24) is 0 Å². The quantitative estimate of drug-likeness (QED) is 0.865. The van der Waals surface area contributed by atoms with Gasteiger partial charge < -0.3 is 10.6 Å². The van der Waals surface area contributed by atoms with Crippen LogP contribution in [0.15, 0.2) is 24.3 Å². The molecule has 0 bridgehead atoms. The minimum atomic E-state index is 0.298. The van der Waals surface area contributed by atoms with Crippen molar-refractivity contribution in [3.05, 3.63) is 29.8 Å². The van der Waals surface area contributed by atoms with Crippen molar-refractivity contribution in [3.8, 4) is 0 Å². The molecule has 1 heterocycles. The Hall–Kier alpha value is -1.02. The Morgan fingerprint density at radius 1 is 1.35 bits per heavy atom. The summed E-state index contributed by atoms with van der Waals surface area (Å²) >= 11 is 0. The summed E-state index contributed by atoms with van der Waals surface area (Å²) < 4.78 is 0. The zero-order valence-electron chi connectivity index (χ0n) is 11.0. The van der Waals surface area contributed by atoms with E-state index in [1.807, 2.05) is 0 Å². The smallest absolute Gasteiger partial charge is 0.0368 e. The topological polar surface area (TPSA) is 29.3 Å². The van der Waals surface area contributed by atoms with E-state index in [1.54, 1.807) is 0 Å². The van der Waals surface area contributed by atoms with Crippen LogP contribution in [0.2, 0.25) is 0 Å². The second kappa shape index (κ2) is 5.54. The highest BCUT2D eigenvalue weighted by atomic mass is 15.2. The highest BCUT2D eigenvalue weighted by molar-refractivity contribution is 5.49. The number of rotatable bonds is 4. The van der Waals surface area contributed by atoms with Gasteiger partial charge in [-0.2, -0.15) is 0 Å². The van der Waals surface area contributed by atoms with Gasteiger partial charge in [0.2, 0.25) is 0 Å². The molecule has 2 unspecified atom stereocenters. The average Bonchev–Trinajstić information content (AvgIpc) is 2.76. The fourth-order valence-electron chi connectivity index (χ4n) is 2.59. The molecule has 94 valence electrons. The third kappa shape index (κ3) is 3.01. The Labute approximate surface area is 105 Å². The molecule has 17 heavy (non-hydrogen) atoms. The van der Waals surface area contributed by atoms with E-state index in [4.69, 9.17) is 5.73 Å². The van der Waals surface area contributed by atoms with Crippen LogP contribution in [-0.4, -0.2) is 18.6 Å². The SMILES string of the molecule is CCC(N)Cc1ccc(N2CCCC2C)cc1. The molecule has 0 radical (unpaired) electrons. The highest BCUT2D eigenvalue weighted by Gasteiger charge is 2.20. The van der Waals surface area contributed by atoms with E-state index in [-0.39, 0.29) is 0 Å². The molecule has 2 heteroatoms. The van der Waals surface area contributed by atoms with Gasteiger partial charge in [0, 0.05) is 24.3 Å². The number of hydrogen-bond acceptors (Lipinski definition) is 2. The molecule has 1 aliphatic heterocycles. The Balaban J connectivity index is 2.02. The molecule has 0 amide bonds. The molecule has 2 N–H and O–H groups in total. The van der Waals surface area contributed by atoms with Crippen LogP contribution in [0.25, 0.3) is 0 Å². The van der Waals surface area contributed by atoms with E-state index in [2.05, 4.69) is 43.0 Å². The molecule has 0 aliphatic carbocycles. The fourth-order valence-corrected chi connectivity index (χ4v) is 2.59. The van der Waals surface area contributed by atoms with E-state index >= 15 is 0 Å². The summed E-state index contributed by atoms with van der Waals surface area (Å²) in [5.41, 5.74) is 8.70. The van der Waals surface area contributed by atoms with Gasteiger partial charge in [-0.15, -0.1) is 0 Å². The summed E-state index contributed by atoms with van der Waals surface area (Å²) in [6, 6.07) is 9.95. The standard InChI is InChI=1S/C15H24N2/c1-3-14(16)11-13-6-8-15(9-7-13)17-10-4-5-12(17)2/h6-9,12,14H,3-5,10-11,16H2,1-2H3. The van der Waals surface area contributed by atoms with Crippen LogP contribution in [0.3, 0.4) is 0 Å². The summed E-state index contributed by atoms with van der Waals surface area (Å²) in [5.74, 6) is 0. The monoisotopic (exact) mass is 232 g/mol. The van der Waals surface area contributed by atoms with E-state index in [1.165, 1.54) is 30.6 Å². The van der Waals surface area contributed by atoms with Crippen molar-refractivity contribution >= 4 is 5.69 Å². The lowest BCUT2D eigenvalue weighted by Crippen LogP contribution is -2.26. The van der Waals surface area contributed by atoms with Gasteiger partial charge in [-0.1, -0.05) is 19.1 Å². The molecular formula is C15H24N2. The lowest BCUT2D eigenvalue weighted by atomic mass is 10.0. The Bertz CT molecular complexity index is 344. The van der Waals surface area contributed by atoms with Crippen molar-refractivity contribution in [2.75, 3.05) is 11.4 Å². The largest absolute Gasteiger partial charge is 0.369 e. The maximum Gasteiger partial charge on any atom is 0.0368 e. The van der Waals surface area contributed by atoms with Gasteiger partial charge in [0.1, 0.15) is 0 Å². The van der Waals surface area contributed by atoms with E-state index in [0.717, 1.165) is 12.8 Å². The molecule has 1 aliphatic rings. The molecular weight excluding hydrogens is 208 g/mol. The van der Waals surface area contributed by atoms with Crippen LogP contribution in [0.5, 0.6) is 0 Å². The molecule has 2 atom stereocenters. The zero-order chi connectivity index (χ0) is 12.3. The summed E-state index contributed by atoms with van der Waals surface area (Å²) in [5, 5.41) is 0. The van der Waals surface area contributed by atoms with E-state index < -0.39 is 0 Å². The first-order valence-corrected chi connectivity index (χ1v) is 6.82. The molecule has 0 spiro atoms. The van der Waals surface area contributed by atoms with E-state index in [0.29, 0.717) is 12.1 Å². The van der Waals surface area contributed by atoms with Gasteiger partial charge >= 0.3 is 0 Å². The predicted octanol–water partition coefficient (Wildman–Crippen LogP) is 2.96. The van der Waals surface area contributed by atoms with Crippen molar-refractivity contribution in [2.45, 2.75) is 51.6 Å². The second-order valence-electron chi connectivity index (χ2n) is 5.22. The number of benzene rings is 1. The first-order valence-electron chi connectivity index (χ1n) is 6.82. The van der Waals surface area contributed by atoms with Crippen LogP contribution in [0.4, 0.5) is 5.69 Å². The first kappa shape index (κ1) is 12.4. The molecule has 0 aromatic heterocycles. The van der Waals surface area contributed by atoms with Crippen molar-refractivity contribution in [2.24, 2.45) is 5.73 Å². The predicted molar refractivity (Wildman–Crippen MR) is 74.5 cm³/mol. The van der Waals surface area contributed by atoms with Crippen LogP contribution < -0.4 is 10.6 Å². The number of anilines is 1. The maximum atomic E-state index is 5.98. The Kier molecular flexibility index (Phi) is 4.06.